The van der Waals surface area contributed by atoms with E-state index >= 15 is 0 Å². The van der Waals surface area contributed by atoms with E-state index in [0.29, 0.717) is 25.3 Å². The predicted molar refractivity (Wildman–Crippen MR) is 223 cm³/mol. The van der Waals surface area contributed by atoms with E-state index in [2.05, 4.69) is 37.1 Å². The summed E-state index contributed by atoms with van der Waals surface area (Å²) in [4.78, 5) is 2.40. The average Bonchev–Trinajstić information content (AvgIpc) is 2.84. The van der Waals surface area contributed by atoms with Crippen molar-refractivity contribution in [3.05, 3.63) is 7.43 Å². The molecule has 0 saturated carbocycles. The van der Waals surface area contributed by atoms with E-state index in [1.54, 1.807) is 67.6 Å². The van der Waals surface area contributed by atoms with Crippen LogP contribution in [-0.2, 0) is 92.2 Å². The zero-order chi connectivity index (χ0) is 40.6. The molecule has 0 N–H and O–H groups in total. The van der Waals surface area contributed by atoms with Crippen LogP contribution in [-0.4, -0.2) is 107 Å². The minimum atomic E-state index is -3.82. The van der Waals surface area contributed by atoms with Gasteiger partial charge in [-0.1, -0.05) is 39.6 Å². The van der Waals surface area contributed by atoms with E-state index in [1.807, 2.05) is 27.7 Å². The van der Waals surface area contributed by atoms with Gasteiger partial charge in [-0.15, -0.1) is 0 Å². The van der Waals surface area contributed by atoms with E-state index in [9.17, 15) is 31.2 Å². The second-order valence-corrected chi connectivity index (χ2v) is 25.8. The Morgan fingerprint density at radius 2 is 1.17 bits per heavy atom. The molecular formula is C31H77F2N3O9P5SVY-. The van der Waals surface area contributed by atoms with Gasteiger partial charge in [-0.3, -0.25) is 23.2 Å². The van der Waals surface area contributed by atoms with Crippen molar-refractivity contribution in [3.8, 4) is 5.81 Å². The fourth-order valence-electron chi connectivity index (χ4n) is 2.92. The van der Waals surface area contributed by atoms with Crippen molar-refractivity contribution < 1.29 is 101 Å². The van der Waals surface area contributed by atoms with Gasteiger partial charge < -0.3 is 30.1 Å². The van der Waals surface area contributed by atoms with Gasteiger partial charge in [0.1, 0.15) is 0 Å². The van der Waals surface area contributed by atoms with Crippen molar-refractivity contribution in [1.29, 1.82) is 5.26 Å². The molecule has 0 spiro atoms. The zero-order valence-corrected chi connectivity index (χ0v) is 45.3. The third-order valence-electron chi connectivity index (χ3n) is 5.29. The maximum absolute atomic E-state index is 12.5. The third-order valence-corrected chi connectivity index (χ3v) is 12.5. The van der Waals surface area contributed by atoms with Gasteiger partial charge in [0.05, 0.1) is 33.2 Å². The van der Waals surface area contributed by atoms with Crippen LogP contribution in [0.15, 0.2) is 0 Å². The molecule has 0 fully saturated rings. The van der Waals surface area contributed by atoms with Crippen LogP contribution in [0, 0.1) is 23.9 Å². The summed E-state index contributed by atoms with van der Waals surface area (Å²) in [5.41, 5.74) is -0.169. The van der Waals surface area contributed by atoms with E-state index in [4.69, 9.17) is 18.8 Å². The monoisotopic (exact) mass is 1000 g/mol. The minimum absolute atomic E-state index is 0. The Morgan fingerprint density at radius 1 is 0.830 bits per heavy atom. The molecule has 0 saturated heterocycles. The molecular weight excluding hydrogens is 923 g/mol. The molecule has 0 aliphatic heterocycles. The Bertz CT molecular complexity index is 1110. The Hall–Kier alpha value is 2.30. The minimum Gasteiger partial charge on any atom is -0.358 e. The second kappa shape index (κ2) is 38.5. The molecule has 12 nitrogen and oxygen atoms in total. The summed E-state index contributed by atoms with van der Waals surface area (Å²) in [5.74, 6) is 2.50. The molecule has 0 aliphatic rings. The van der Waals surface area contributed by atoms with Crippen LogP contribution in [0.25, 0.3) is 0 Å². The van der Waals surface area contributed by atoms with Crippen molar-refractivity contribution >= 4 is 48.6 Å². The van der Waals surface area contributed by atoms with E-state index in [-0.39, 0.29) is 83.7 Å². The van der Waals surface area contributed by atoms with Crippen molar-refractivity contribution in [3.63, 3.8) is 0 Å². The summed E-state index contributed by atoms with van der Waals surface area (Å²) >= 11 is 1.46. The van der Waals surface area contributed by atoms with Crippen LogP contribution in [0.3, 0.4) is 0 Å². The summed E-state index contributed by atoms with van der Waals surface area (Å²) in [7, 11) is -8.69. The molecule has 0 aromatic rings. The topological polar surface area (TPSA) is 153 Å². The smallest absolute Gasteiger partial charge is 0.358 e. The first-order chi connectivity index (χ1) is 21.6. The molecule has 53 heavy (non-hydrogen) atoms. The van der Waals surface area contributed by atoms with Crippen molar-refractivity contribution in [2.24, 2.45) is 5.41 Å². The number of halogens is 2. The molecule has 0 amide bonds. The Balaban J connectivity index is -0.0000000672. The Morgan fingerprint density at radius 3 is 1.32 bits per heavy atom. The molecule has 0 aromatic carbocycles. The number of nitriles is 1. The van der Waals surface area contributed by atoms with Crippen LogP contribution in [0.4, 0.5) is 8.39 Å². The standard InChI is InChI=1S/C11H26NO2PS.C7H16FO2P.C5H11N2O2P.C4H10FO2P.C2H7OP.CH4.CH3.V.Y/c1-7-14-15(6,13)16-9-8-12(10(2)3)11(4)5;1-6(7(2,3)4)10-11(5,8)9;1-4-9-10(8,5-6)7(2)3;1-4(2)7-8(3,5)6;1-4(2)3;;;;/h10-11H,7-9H2,1-6H3;6H,1-5H3;4H2,1-3H3;4H,1-3H3;4H,1-2H3;1H4;1H3;;/q;;;;;;-1;;. The third kappa shape index (κ3) is 58.7. The summed E-state index contributed by atoms with van der Waals surface area (Å²) < 4.78 is 98.2. The fourth-order valence-corrected chi connectivity index (χ4v) is 8.32. The predicted octanol–water partition coefficient (Wildman–Crippen LogP) is 12.3. The van der Waals surface area contributed by atoms with Gasteiger partial charge in [0.25, 0.3) is 6.57 Å². The second-order valence-electron chi connectivity index (χ2n) is 13.0. The largest absolute Gasteiger partial charge is 0.370 e. The van der Waals surface area contributed by atoms with Crippen LogP contribution in [0.1, 0.15) is 90.5 Å². The molecule has 0 bridgehead atoms. The number of nitrogens with zero attached hydrogens (tertiary/aromatic N) is 3. The average molecular weight is 1000 g/mol. The molecule has 0 heterocycles. The summed E-state index contributed by atoms with van der Waals surface area (Å²) in [5, 5.41) is 8.41. The van der Waals surface area contributed by atoms with Gasteiger partial charge in [0.15, 0.2) is 5.81 Å². The maximum atomic E-state index is 12.5. The molecule has 0 aliphatic carbocycles. The van der Waals surface area contributed by atoms with Crippen LogP contribution in [0.2, 0.25) is 0 Å². The molecule has 22 heteroatoms. The molecule has 324 valence electrons. The summed E-state index contributed by atoms with van der Waals surface area (Å²) in [6.07, 6.45) is -0.626. The number of rotatable bonds is 15. The van der Waals surface area contributed by atoms with Crippen molar-refractivity contribution in [2.45, 2.75) is 115 Å². The quantitative estimate of drug-likeness (QED) is 0.113. The Kier molecular flexibility index (Phi) is 55.2. The van der Waals surface area contributed by atoms with Crippen LogP contribution >= 0.6 is 48.6 Å². The SMILES string of the molecule is C.CC(C)OP(C)(=O)F.CC(OP(C)(=O)F)C(C)(C)C.CCOP(=O)(C#N)N(C)C.CCOP(C)(=O)SCCN(C(C)C)C(C)C.C[PH](C)=O.[CH3-].[V].[Y]. The number of hydrogen-bond donors (Lipinski definition) is 0. The maximum Gasteiger partial charge on any atom is 0.370 e. The fraction of sp³-hybridized carbons (Fsp3) is 0.935. The van der Waals surface area contributed by atoms with Crippen molar-refractivity contribution in [1.82, 2.24) is 9.57 Å². The van der Waals surface area contributed by atoms with E-state index in [0.717, 1.165) is 25.6 Å². The van der Waals surface area contributed by atoms with E-state index in [1.165, 1.54) is 16.1 Å². The van der Waals surface area contributed by atoms with Crippen molar-refractivity contribution in [2.75, 3.05) is 72.9 Å². The van der Waals surface area contributed by atoms with E-state index < -0.39 is 37.3 Å². The Labute approximate surface area is 367 Å². The first-order valence-corrected chi connectivity index (χ1v) is 27.6. The van der Waals surface area contributed by atoms with Gasteiger partial charge in [0.2, 0.25) is 0 Å². The molecule has 0 rings (SSSR count). The van der Waals surface area contributed by atoms with Gasteiger partial charge in [-0.2, -0.15) is 13.7 Å². The molecule has 0 aromatic heterocycles. The first kappa shape index (κ1) is 76.1. The summed E-state index contributed by atoms with van der Waals surface area (Å²) in [6, 6.07) is 1.06. The van der Waals surface area contributed by atoms with Gasteiger partial charge in [-0.25, -0.2) is 4.67 Å². The number of hydrogen-bond acceptors (Lipinski definition) is 12. The summed E-state index contributed by atoms with van der Waals surface area (Å²) in [6.45, 7) is 29.5. The van der Waals surface area contributed by atoms with Gasteiger partial charge >= 0.3 is 22.9 Å². The zero-order valence-electron chi connectivity index (χ0n) is 35.6. The molecule has 5 unspecified atom stereocenters. The van der Waals surface area contributed by atoms with Crippen LogP contribution in [0.5, 0.6) is 0 Å². The normalized spacial score (nSPS) is 15.7. The van der Waals surface area contributed by atoms with Gasteiger partial charge in [0, 0.05) is 95.6 Å². The molecule has 5 atom stereocenters. The van der Waals surface area contributed by atoms with Crippen LogP contribution < -0.4 is 0 Å². The van der Waals surface area contributed by atoms with Gasteiger partial charge in [-0.05, 0) is 95.2 Å². The molecule has 2 radical (unpaired) electrons. The first-order valence-electron chi connectivity index (χ1n) is 16.0.